The van der Waals surface area contributed by atoms with Crippen molar-refractivity contribution in [1.82, 2.24) is 15.1 Å². The van der Waals surface area contributed by atoms with Gasteiger partial charge < -0.3 is 10.6 Å². The molecule has 0 radical (unpaired) electrons. The first-order chi connectivity index (χ1) is 7.06. The molecule has 1 rings (SSSR count). The number of amides is 1. The van der Waals surface area contributed by atoms with Crippen LogP contribution in [0.5, 0.6) is 0 Å². The van der Waals surface area contributed by atoms with Gasteiger partial charge in [0, 0.05) is 19.3 Å². The summed E-state index contributed by atoms with van der Waals surface area (Å²) in [6, 6.07) is 0. The topological polar surface area (TPSA) is 75.0 Å². The summed E-state index contributed by atoms with van der Waals surface area (Å²) in [6.45, 7) is 5.11. The van der Waals surface area contributed by atoms with E-state index in [4.69, 9.17) is 5.73 Å². The standard InChI is InChI=1S/C10H18N4O/c1-7(4-11)6-14(3)10(15)9-5-12-13-8(9)2/h5,7H,4,6,11H2,1-3H3,(H,12,13). The van der Waals surface area contributed by atoms with E-state index in [0.717, 1.165) is 5.69 Å². The van der Waals surface area contributed by atoms with Crippen molar-refractivity contribution in [3.05, 3.63) is 17.5 Å². The van der Waals surface area contributed by atoms with Crippen LogP contribution in [0, 0.1) is 12.8 Å². The second kappa shape index (κ2) is 4.93. The highest BCUT2D eigenvalue weighted by atomic mass is 16.2. The molecule has 15 heavy (non-hydrogen) atoms. The van der Waals surface area contributed by atoms with Gasteiger partial charge in [-0.2, -0.15) is 5.10 Å². The molecule has 0 spiro atoms. The van der Waals surface area contributed by atoms with E-state index in [1.54, 1.807) is 18.1 Å². The van der Waals surface area contributed by atoms with Gasteiger partial charge in [0.2, 0.25) is 0 Å². The highest BCUT2D eigenvalue weighted by molar-refractivity contribution is 5.94. The van der Waals surface area contributed by atoms with Crippen molar-refractivity contribution in [2.75, 3.05) is 20.1 Å². The third-order valence-electron chi connectivity index (χ3n) is 2.39. The van der Waals surface area contributed by atoms with Gasteiger partial charge in [-0.1, -0.05) is 6.92 Å². The van der Waals surface area contributed by atoms with Gasteiger partial charge in [-0.3, -0.25) is 9.89 Å². The number of carbonyl (C=O) groups is 1. The molecule has 1 aromatic rings. The minimum absolute atomic E-state index is 0.0125. The Bertz CT molecular complexity index is 334. The zero-order valence-corrected chi connectivity index (χ0v) is 9.45. The molecule has 84 valence electrons. The number of H-pyrrole nitrogens is 1. The van der Waals surface area contributed by atoms with Crippen molar-refractivity contribution in [2.45, 2.75) is 13.8 Å². The summed E-state index contributed by atoms with van der Waals surface area (Å²) in [5.41, 5.74) is 6.94. The third-order valence-corrected chi connectivity index (χ3v) is 2.39. The second-order valence-corrected chi connectivity index (χ2v) is 3.94. The Labute approximate surface area is 89.6 Å². The number of hydrogen-bond acceptors (Lipinski definition) is 3. The average molecular weight is 210 g/mol. The van der Waals surface area contributed by atoms with Crippen LogP contribution in [0.1, 0.15) is 23.0 Å². The fourth-order valence-electron chi connectivity index (χ4n) is 1.40. The van der Waals surface area contributed by atoms with Gasteiger partial charge in [-0.15, -0.1) is 0 Å². The van der Waals surface area contributed by atoms with Crippen LogP contribution >= 0.6 is 0 Å². The van der Waals surface area contributed by atoms with Crippen molar-refractivity contribution in [1.29, 1.82) is 0 Å². The van der Waals surface area contributed by atoms with E-state index >= 15 is 0 Å². The molecule has 3 N–H and O–H groups in total. The lowest BCUT2D eigenvalue weighted by atomic mass is 10.1. The maximum absolute atomic E-state index is 11.9. The molecule has 0 aliphatic carbocycles. The number of hydrogen-bond donors (Lipinski definition) is 2. The Hall–Kier alpha value is -1.36. The van der Waals surface area contributed by atoms with Crippen LogP contribution in [0.25, 0.3) is 0 Å². The van der Waals surface area contributed by atoms with Crippen molar-refractivity contribution in [3.63, 3.8) is 0 Å². The number of nitrogens with one attached hydrogen (secondary N) is 1. The van der Waals surface area contributed by atoms with E-state index in [0.29, 0.717) is 24.6 Å². The van der Waals surface area contributed by atoms with Crippen LogP contribution in [0.3, 0.4) is 0 Å². The first-order valence-corrected chi connectivity index (χ1v) is 5.01. The van der Waals surface area contributed by atoms with Gasteiger partial charge in [-0.05, 0) is 19.4 Å². The molecular weight excluding hydrogens is 192 g/mol. The number of carbonyl (C=O) groups excluding carboxylic acids is 1. The predicted octanol–water partition coefficient (Wildman–Crippen LogP) is 0.385. The first-order valence-electron chi connectivity index (χ1n) is 5.01. The lowest BCUT2D eigenvalue weighted by molar-refractivity contribution is 0.0777. The van der Waals surface area contributed by atoms with Gasteiger partial charge in [-0.25, -0.2) is 0 Å². The maximum atomic E-state index is 11.9. The van der Waals surface area contributed by atoms with Gasteiger partial charge in [0.15, 0.2) is 0 Å². The summed E-state index contributed by atoms with van der Waals surface area (Å²) in [5.74, 6) is 0.299. The molecule has 1 aromatic heterocycles. The van der Waals surface area contributed by atoms with Crippen LogP contribution in [0.2, 0.25) is 0 Å². The van der Waals surface area contributed by atoms with E-state index in [1.165, 1.54) is 0 Å². The Morgan fingerprint density at radius 2 is 2.40 bits per heavy atom. The van der Waals surface area contributed by atoms with E-state index < -0.39 is 0 Å². The summed E-state index contributed by atoms with van der Waals surface area (Å²) >= 11 is 0. The molecule has 0 aliphatic rings. The molecule has 0 aromatic carbocycles. The molecular formula is C10H18N4O. The van der Waals surface area contributed by atoms with Crippen molar-refractivity contribution < 1.29 is 4.79 Å². The number of aromatic nitrogens is 2. The predicted molar refractivity (Wildman–Crippen MR) is 58.5 cm³/mol. The lowest BCUT2D eigenvalue weighted by Crippen LogP contribution is -2.33. The molecule has 0 saturated carbocycles. The van der Waals surface area contributed by atoms with Crippen LogP contribution in [-0.2, 0) is 0 Å². The molecule has 1 amide bonds. The van der Waals surface area contributed by atoms with Crippen LogP contribution in [0.15, 0.2) is 6.20 Å². The zero-order valence-electron chi connectivity index (χ0n) is 9.45. The van der Waals surface area contributed by atoms with Crippen LogP contribution in [0.4, 0.5) is 0 Å². The zero-order chi connectivity index (χ0) is 11.4. The Morgan fingerprint density at radius 3 is 2.87 bits per heavy atom. The van der Waals surface area contributed by atoms with E-state index in [2.05, 4.69) is 10.2 Å². The number of nitrogens with two attached hydrogens (primary N) is 1. The van der Waals surface area contributed by atoms with Crippen molar-refractivity contribution in [3.8, 4) is 0 Å². The average Bonchev–Trinajstić information content (AvgIpc) is 2.63. The highest BCUT2D eigenvalue weighted by Crippen LogP contribution is 2.07. The molecule has 0 bridgehead atoms. The van der Waals surface area contributed by atoms with Crippen LogP contribution < -0.4 is 5.73 Å². The number of aryl methyl sites for hydroxylation is 1. The lowest BCUT2D eigenvalue weighted by Gasteiger charge is -2.20. The van der Waals surface area contributed by atoms with Gasteiger partial charge in [0.05, 0.1) is 11.8 Å². The third kappa shape index (κ3) is 2.79. The molecule has 0 saturated heterocycles. The Kier molecular flexibility index (Phi) is 3.85. The summed E-state index contributed by atoms with van der Waals surface area (Å²) in [5, 5.41) is 6.58. The SMILES string of the molecule is Cc1[nH]ncc1C(=O)N(C)CC(C)CN. The molecule has 0 aliphatic heterocycles. The summed E-state index contributed by atoms with van der Waals surface area (Å²) in [7, 11) is 1.78. The maximum Gasteiger partial charge on any atom is 0.257 e. The fraction of sp³-hybridized carbons (Fsp3) is 0.600. The Balaban J connectivity index is 2.65. The number of rotatable bonds is 4. The number of aromatic amines is 1. The summed E-state index contributed by atoms with van der Waals surface area (Å²) in [6.07, 6.45) is 1.56. The Morgan fingerprint density at radius 1 is 1.73 bits per heavy atom. The van der Waals surface area contributed by atoms with E-state index in [-0.39, 0.29) is 5.91 Å². The molecule has 5 nitrogen and oxygen atoms in total. The summed E-state index contributed by atoms with van der Waals surface area (Å²) < 4.78 is 0. The normalized spacial score (nSPS) is 12.5. The smallest absolute Gasteiger partial charge is 0.257 e. The largest absolute Gasteiger partial charge is 0.341 e. The molecule has 0 fully saturated rings. The van der Waals surface area contributed by atoms with Crippen LogP contribution in [-0.4, -0.2) is 41.1 Å². The summed E-state index contributed by atoms with van der Waals surface area (Å²) in [4.78, 5) is 13.6. The minimum Gasteiger partial charge on any atom is -0.341 e. The second-order valence-electron chi connectivity index (χ2n) is 3.94. The number of nitrogens with zero attached hydrogens (tertiary/aromatic N) is 2. The van der Waals surface area contributed by atoms with Crippen molar-refractivity contribution >= 4 is 5.91 Å². The fourth-order valence-corrected chi connectivity index (χ4v) is 1.40. The molecule has 1 atom stereocenters. The molecule has 1 heterocycles. The van der Waals surface area contributed by atoms with Gasteiger partial charge in [0.1, 0.15) is 0 Å². The highest BCUT2D eigenvalue weighted by Gasteiger charge is 2.16. The van der Waals surface area contributed by atoms with Gasteiger partial charge in [0.25, 0.3) is 5.91 Å². The van der Waals surface area contributed by atoms with E-state index in [1.807, 2.05) is 13.8 Å². The quantitative estimate of drug-likeness (QED) is 0.754. The molecule has 1 unspecified atom stereocenters. The van der Waals surface area contributed by atoms with Crippen molar-refractivity contribution in [2.24, 2.45) is 11.7 Å². The first kappa shape index (κ1) is 11.7. The molecule has 5 heteroatoms. The van der Waals surface area contributed by atoms with Gasteiger partial charge >= 0.3 is 0 Å². The van der Waals surface area contributed by atoms with E-state index in [9.17, 15) is 4.79 Å². The monoisotopic (exact) mass is 210 g/mol. The minimum atomic E-state index is -0.0125.